The van der Waals surface area contributed by atoms with Crippen molar-refractivity contribution in [1.82, 2.24) is 15.0 Å². The molecule has 1 aliphatic rings. The lowest BCUT2D eigenvalue weighted by molar-refractivity contribution is 0.0695. The number of carbonyl (C=O) groups is 1. The monoisotopic (exact) mass is 418 g/mol. The van der Waals surface area contributed by atoms with Crippen LogP contribution >= 0.6 is 24.0 Å². The minimum atomic E-state index is -0.0237. The molecule has 1 aliphatic heterocycles. The van der Waals surface area contributed by atoms with E-state index in [1.165, 1.54) is 0 Å². The number of nitrogen functional groups attached to an aromatic ring is 1. The van der Waals surface area contributed by atoms with Gasteiger partial charge in [-0.05, 0) is 55.3 Å². The smallest absolute Gasteiger partial charge is 0.253 e. The van der Waals surface area contributed by atoms with Gasteiger partial charge in [-0.3, -0.25) is 4.79 Å². The number of hydrogen-bond acceptors (Lipinski definition) is 5. The zero-order valence-corrected chi connectivity index (χ0v) is 16.6. The maximum absolute atomic E-state index is 12.8. The Morgan fingerprint density at radius 3 is 2.75 bits per heavy atom. The van der Waals surface area contributed by atoms with E-state index in [2.05, 4.69) is 10.1 Å². The molecule has 0 radical (unpaired) electrons. The van der Waals surface area contributed by atoms with Crippen LogP contribution in [0.15, 0.2) is 53.1 Å². The summed E-state index contributed by atoms with van der Waals surface area (Å²) < 4.78 is 5.49. The van der Waals surface area contributed by atoms with Crippen LogP contribution in [0.5, 0.6) is 0 Å². The number of hydrogen-bond donors (Lipinski definition) is 1. The molecular weight excluding hydrogens is 399 g/mol. The van der Waals surface area contributed by atoms with Crippen LogP contribution in [0, 0.1) is 0 Å². The van der Waals surface area contributed by atoms with Crippen molar-refractivity contribution >= 4 is 35.6 Å². The topological polar surface area (TPSA) is 85.3 Å². The van der Waals surface area contributed by atoms with Crippen molar-refractivity contribution < 1.29 is 9.32 Å². The summed E-state index contributed by atoms with van der Waals surface area (Å²) >= 11 is 5.92. The van der Waals surface area contributed by atoms with Gasteiger partial charge in [0.25, 0.3) is 5.91 Å². The number of carbonyl (C=O) groups excluding carboxylic acids is 1. The highest BCUT2D eigenvalue weighted by Gasteiger charge is 2.29. The van der Waals surface area contributed by atoms with Gasteiger partial charge in [-0.15, -0.1) is 12.4 Å². The number of likely N-dealkylation sites (tertiary alicyclic amines) is 1. The van der Waals surface area contributed by atoms with Gasteiger partial charge in [0, 0.05) is 34.9 Å². The van der Waals surface area contributed by atoms with Gasteiger partial charge in [0.15, 0.2) is 0 Å². The fourth-order valence-corrected chi connectivity index (χ4v) is 3.46. The summed E-state index contributed by atoms with van der Waals surface area (Å²) in [6.45, 7) is 1.26. The quantitative estimate of drug-likeness (QED) is 0.636. The molecule has 0 aliphatic carbocycles. The lowest BCUT2D eigenvalue weighted by Crippen LogP contribution is -2.39. The van der Waals surface area contributed by atoms with Gasteiger partial charge in [-0.25, -0.2) is 0 Å². The molecule has 6 nitrogen and oxygen atoms in total. The van der Waals surface area contributed by atoms with Crippen LogP contribution in [0.1, 0.15) is 35.0 Å². The Kier molecular flexibility index (Phi) is 6.21. The Bertz CT molecular complexity index is 959. The van der Waals surface area contributed by atoms with Crippen LogP contribution in [0.25, 0.3) is 11.4 Å². The van der Waals surface area contributed by atoms with Crippen LogP contribution < -0.4 is 5.73 Å². The predicted octanol–water partition coefficient (Wildman–Crippen LogP) is 4.41. The second kappa shape index (κ2) is 8.63. The molecule has 2 N–H and O–H groups in total. The SMILES string of the molecule is Cl.Nc1cccc(C(=O)N2CCCC(c3nc(-c4ccc(Cl)cc4)no3)C2)c1. The van der Waals surface area contributed by atoms with Crippen molar-refractivity contribution in [1.29, 1.82) is 0 Å². The molecular formula is C20H20Cl2N4O2. The third kappa shape index (κ3) is 4.29. The number of nitrogens with two attached hydrogens (primary N) is 1. The van der Waals surface area contributed by atoms with E-state index >= 15 is 0 Å². The molecule has 1 amide bonds. The van der Waals surface area contributed by atoms with E-state index < -0.39 is 0 Å². The van der Waals surface area contributed by atoms with Crippen LogP contribution in [-0.2, 0) is 0 Å². The van der Waals surface area contributed by atoms with Gasteiger partial charge < -0.3 is 15.2 Å². The molecule has 2 heterocycles. The molecule has 4 rings (SSSR count). The molecule has 0 saturated carbocycles. The first-order chi connectivity index (χ1) is 13.1. The highest BCUT2D eigenvalue weighted by Crippen LogP contribution is 2.29. The molecule has 1 unspecified atom stereocenters. The van der Waals surface area contributed by atoms with Crippen LogP contribution in [-0.4, -0.2) is 34.0 Å². The molecule has 3 aromatic rings. The molecule has 1 fully saturated rings. The summed E-state index contributed by atoms with van der Waals surface area (Å²) in [5, 5.41) is 4.74. The summed E-state index contributed by atoms with van der Waals surface area (Å²) in [5.74, 6) is 1.09. The van der Waals surface area contributed by atoms with Crippen molar-refractivity contribution in [3.63, 3.8) is 0 Å². The fraction of sp³-hybridized carbons (Fsp3) is 0.250. The van der Waals surface area contributed by atoms with Crippen LogP contribution in [0.2, 0.25) is 5.02 Å². The van der Waals surface area contributed by atoms with Gasteiger partial charge in [-0.1, -0.05) is 22.8 Å². The Balaban J connectivity index is 0.00000225. The molecule has 8 heteroatoms. The van der Waals surface area contributed by atoms with E-state index in [1.54, 1.807) is 36.4 Å². The maximum Gasteiger partial charge on any atom is 0.253 e. The number of aromatic nitrogens is 2. The number of piperidine rings is 1. The molecule has 0 spiro atoms. The summed E-state index contributed by atoms with van der Waals surface area (Å²) in [6, 6.07) is 14.3. The number of anilines is 1. The van der Waals surface area contributed by atoms with Crippen molar-refractivity contribution in [2.45, 2.75) is 18.8 Å². The van der Waals surface area contributed by atoms with E-state index in [4.69, 9.17) is 21.9 Å². The third-order valence-electron chi connectivity index (χ3n) is 4.74. The first-order valence-electron chi connectivity index (χ1n) is 8.84. The number of nitrogens with zero attached hydrogens (tertiary/aromatic N) is 3. The second-order valence-electron chi connectivity index (χ2n) is 6.68. The van der Waals surface area contributed by atoms with Crippen molar-refractivity contribution in [3.05, 3.63) is 65.0 Å². The first-order valence-corrected chi connectivity index (χ1v) is 9.22. The fourth-order valence-electron chi connectivity index (χ4n) is 3.33. The Labute approximate surface area is 174 Å². The van der Waals surface area contributed by atoms with Crippen LogP contribution in [0.3, 0.4) is 0 Å². The van der Waals surface area contributed by atoms with Gasteiger partial charge in [-0.2, -0.15) is 4.98 Å². The number of benzene rings is 2. The van der Waals surface area contributed by atoms with E-state index in [0.717, 1.165) is 18.4 Å². The summed E-state index contributed by atoms with van der Waals surface area (Å²) in [4.78, 5) is 19.1. The van der Waals surface area contributed by atoms with E-state index in [0.29, 0.717) is 41.1 Å². The third-order valence-corrected chi connectivity index (χ3v) is 4.99. The molecule has 2 aromatic carbocycles. The number of halogens is 2. The molecule has 146 valence electrons. The van der Waals surface area contributed by atoms with E-state index in [-0.39, 0.29) is 24.2 Å². The van der Waals surface area contributed by atoms with Crippen molar-refractivity contribution in [2.24, 2.45) is 0 Å². The number of amides is 1. The highest BCUT2D eigenvalue weighted by molar-refractivity contribution is 6.30. The minimum Gasteiger partial charge on any atom is -0.399 e. The molecule has 1 aromatic heterocycles. The zero-order valence-electron chi connectivity index (χ0n) is 15.0. The first kappa shape index (κ1) is 20.2. The van der Waals surface area contributed by atoms with Crippen LogP contribution in [0.4, 0.5) is 5.69 Å². The van der Waals surface area contributed by atoms with E-state index in [1.807, 2.05) is 17.0 Å². The standard InChI is InChI=1S/C20H19ClN4O2.ClH/c21-16-8-6-13(7-9-16)18-23-19(27-24-18)15-4-2-10-25(12-15)20(26)14-3-1-5-17(22)11-14;/h1,3,5-9,11,15H,2,4,10,12,22H2;1H. The van der Waals surface area contributed by atoms with E-state index in [9.17, 15) is 4.79 Å². The molecule has 0 bridgehead atoms. The highest BCUT2D eigenvalue weighted by atomic mass is 35.5. The lowest BCUT2D eigenvalue weighted by atomic mass is 9.97. The minimum absolute atomic E-state index is 0. The van der Waals surface area contributed by atoms with Gasteiger partial charge >= 0.3 is 0 Å². The summed E-state index contributed by atoms with van der Waals surface area (Å²) in [5.41, 5.74) is 7.83. The largest absolute Gasteiger partial charge is 0.399 e. The second-order valence-corrected chi connectivity index (χ2v) is 7.12. The van der Waals surface area contributed by atoms with Crippen molar-refractivity contribution in [2.75, 3.05) is 18.8 Å². The van der Waals surface area contributed by atoms with Crippen molar-refractivity contribution in [3.8, 4) is 11.4 Å². The lowest BCUT2D eigenvalue weighted by Gasteiger charge is -2.31. The normalized spacial score (nSPS) is 16.5. The molecule has 28 heavy (non-hydrogen) atoms. The Morgan fingerprint density at radius 2 is 2.00 bits per heavy atom. The average Bonchev–Trinajstić information content (AvgIpc) is 3.18. The Morgan fingerprint density at radius 1 is 1.21 bits per heavy atom. The maximum atomic E-state index is 12.8. The number of rotatable bonds is 3. The predicted molar refractivity (Wildman–Crippen MR) is 111 cm³/mol. The van der Waals surface area contributed by atoms with Gasteiger partial charge in [0.1, 0.15) is 0 Å². The molecule has 1 saturated heterocycles. The van der Waals surface area contributed by atoms with Gasteiger partial charge in [0.05, 0.1) is 5.92 Å². The van der Waals surface area contributed by atoms with Gasteiger partial charge in [0.2, 0.25) is 11.7 Å². The zero-order chi connectivity index (χ0) is 18.8. The summed E-state index contributed by atoms with van der Waals surface area (Å²) in [6.07, 6.45) is 1.79. The summed E-state index contributed by atoms with van der Waals surface area (Å²) in [7, 11) is 0. The average molecular weight is 419 g/mol. The Hall–Kier alpha value is -2.57. The molecule has 1 atom stereocenters.